The van der Waals surface area contributed by atoms with E-state index in [1.807, 2.05) is 0 Å². The van der Waals surface area contributed by atoms with E-state index in [1.165, 1.54) is 6.07 Å². The second-order valence-corrected chi connectivity index (χ2v) is 8.90. The normalized spacial score (nSPS) is 12.4. The highest BCUT2D eigenvalue weighted by Crippen LogP contribution is 2.26. The number of hydrogen-bond donors (Lipinski definition) is 1. The molecule has 0 aliphatic heterocycles. The van der Waals surface area contributed by atoms with Gasteiger partial charge < -0.3 is 0 Å². The Morgan fingerprint density at radius 2 is 1.88 bits per heavy atom. The first-order valence-corrected chi connectivity index (χ1v) is 9.11. The van der Waals surface area contributed by atoms with E-state index < -0.39 is 24.9 Å². The summed E-state index contributed by atoms with van der Waals surface area (Å²) in [4.78, 5) is 0. The minimum Gasteiger partial charge on any atom is -0.282 e. The standard InChI is InChI=1S/C8H9BrClNO4S2/c1-16(12,13)5-17(14,15)11-8-4-6(10)2-3-7(8)9/h2-4,11H,5H2,1H3. The van der Waals surface area contributed by atoms with Crippen molar-refractivity contribution in [3.63, 3.8) is 0 Å². The molecule has 0 fully saturated rings. The van der Waals surface area contributed by atoms with Crippen LogP contribution in [0.25, 0.3) is 0 Å². The van der Waals surface area contributed by atoms with Gasteiger partial charge in [-0.2, -0.15) is 0 Å². The molecule has 0 unspecified atom stereocenters. The fourth-order valence-electron chi connectivity index (χ4n) is 1.05. The molecular weight excluding hydrogens is 354 g/mol. The van der Waals surface area contributed by atoms with Gasteiger partial charge in [-0.3, -0.25) is 4.72 Å². The summed E-state index contributed by atoms with van der Waals surface area (Å²) in [5, 5.41) is -0.635. The highest BCUT2D eigenvalue weighted by molar-refractivity contribution is 9.10. The first-order valence-electron chi connectivity index (χ1n) is 4.22. The van der Waals surface area contributed by atoms with Crippen molar-refractivity contribution in [1.29, 1.82) is 0 Å². The maximum Gasteiger partial charge on any atom is 0.247 e. The molecule has 0 spiro atoms. The van der Waals surface area contributed by atoms with Gasteiger partial charge in [0.05, 0.1) is 5.69 Å². The third-order valence-corrected chi connectivity index (χ3v) is 5.97. The van der Waals surface area contributed by atoms with Gasteiger partial charge in [-0.25, -0.2) is 16.8 Å². The van der Waals surface area contributed by atoms with E-state index in [-0.39, 0.29) is 5.69 Å². The summed E-state index contributed by atoms with van der Waals surface area (Å²) in [5.74, 6) is 0. The topological polar surface area (TPSA) is 80.3 Å². The Kier molecular flexibility index (Phi) is 4.45. The van der Waals surface area contributed by atoms with E-state index in [0.29, 0.717) is 9.50 Å². The predicted octanol–water partition coefficient (Wildman–Crippen LogP) is 1.85. The van der Waals surface area contributed by atoms with E-state index in [9.17, 15) is 16.8 Å². The summed E-state index contributed by atoms with van der Waals surface area (Å²) in [7, 11) is -7.58. The first kappa shape index (κ1) is 14.7. The molecule has 17 heavy (non-hydrogen) atoms. The molecule has 0 amide bonds. The van der Waals surface area contributed by atoms with Crippen molar-refractivity contribution in [3.8, 4) is 0 Å². The summed E-state index contributed by atoms with van der Waals surface area (Å²) >= 11 is 8.83. The molecule has 0 atom stereocenters. The number of rotatable bonds is 4. The Labute approximate surface area is 113 Å². The zero-order valence-electron chi connectivity index (χ0n) is 8.64. The van der Waals surface area contributed by atoms with Crippen LogP contribution in [0.15, 0.2) is 22.7 Å². The van der Waals surface area contributed by atoms with E-state index in [2.05, 4.69) is 20.7 Å². The van der Waals surface area contributed by atoms with Crippen LogP contribution in [0.2, 0.25) is 5.02 Å². The molecule has 0 saturated heterocycles. The zero-order chi connectivity index (χ0) is 13.3. The molecule has 0 saturated carbocycles. The largest absolute Gasteiger partial charge is 0.282 e. The molecular formula is C8H9BrClNO4S2. The molecule has 0 radical (unpaired) electrons. The molecule has 96 valence electrons. The van der Waals surface area contributed by atoms with Crippen LogP contribution >= 0.6 is 27.5 Å². The van der Waals surface area contributed by atoms with Gasteiger partial charge >= 0.3 is 0 Å². The summed E-state index contributed by atoms with van der Waals surface area (Å²) in [5.41, 5.74) is 0.196. The zero-order valence-corrected chi connectivity index (χ0v) is 12.6. The molecule has 0 aliphatic rings. The van der Waals surface area contributed by atoms with Gasteiger partial charge in [-0.1, -0.05) is 11.6 Å². The average molecular weight is 363 g/mol. The molecule has 0 aromatic heterocycles. The molecule has 1 rings (SSSR count). The fourth-order valence-corrected chi connectivity index (χ4v) is 4.70. The molecule has 0 bridgehead atoms. The lowest BCUT2D eigenvalue weighted by atomic mass is 10.3. The lowest BCUT2D eigenvalue weighted by molar-refractivity contribution is 0.595. The van der Waals surface area contributed by atoms with Gasteiger partial charge in [0.25, 0.3) is 0 Å². The van der Waals surface area contributed by atoms with E-state index in [1.54, 1.807) is 12.1 Å². The van der Waals surface area contributed by atoms with Crippen LogP contribution in [0.4, 0.5) is 5.69 Å². The van der Waals surface area contributed by atoms with Crippen LogP contribution in [0, 0.1) is 0 Å². The highest BCUT2D eigenvalue weighted by atomic mass is 79.9. The lowest BCUT2D eigenvalue weighted by Gasteiger charge is -2.09. The van der Waals surface area contributed by atoms with Crippen molar-refractivity contribution in [3.05, 3.63) is 27.7 Å². The Bertz CT molecular complexity index is 627. The summed E-state index contributed by atoms with van der Waals surface area (Å²) in [6, 6.07) is 4.51. The second-order valence-electron chi connectivity index (χ2n) is 3.38. The van der Waals surface area contributed by atoms with Crippen LogP contribution in [0.1, 0.15) is 0 Å². The second kappa shape index (κ2) is 5.13. The number of benzene rings is 1. The van der Waals surface area contributed by atoms with Gasteiger partial charge in [0.15, 0.2) is 14.9 Å². The molecule has 9 heteroatoms. The molecule has 1 N–H and O–H groups in total. The molecule has 1 aromatic rings. The number of sulfone groups is 1. The van der Waals surface area contributed by atoms with Crippen LogP contribution < -0.4 is 4.72 Å². The smallest absolute Gasteiger partial charge is 0.247 e. The number of hydrogen-bond acceptors (Lipinski definition) is 4. The Morgan fingerprint density at radius 3 is 2.41 bits per heavy atom. The minimum atomic E-state index is -3.96. The highest BCUT2D eigenvalue weighted by Gasteiger charge is 2.19. The quantitative estimate of drug-likeness (QED) is 0.886. The first-order chi connectivity index (χ1) is 7.59. The van der Waals surface area contributed by atoms with E-state index in [4.69, 9.17) is 11.6 Å². The van der Waals surface area contributed by atoms with Crippen molar-refractivity contribution < 1.29 is 16.8 Å². The van der Waals surface area contributed by atoms with Gasteiger partial charge in [0.1, 0.15) is 0 Å². The van der Waals surface area contributed by atoms with Crippen molar-refractivity contribution in [2.45, 2.75) is 0 Å². The van der Waals surface area contributed by atoms with E-state index >= 15 is 0 Å². The number of nitrogens with one attached hydrogen (secondary N) is 1. The van der Waals surface area contributed by atoms with Crippen LogP contribution in [0.5, 0.6) is 0 Å². The fraction of sp³-hybridized carbons (Fsp3) is 0.250. The van der Waals surface area contributed by atoms with Crippen LogP contribution in [-0.4, -0.2) is 28.2 Å². The third kappa shape index (κ3) is 5.24. The monoisotopic (exact) mass is 361 g/mol. The number of halogens is 2. The average Bonchev–Trinajstić information content (AvgIpc) is 2.06. The Hall–Kier alpha value is -0.310. The summed E-state index contributed by atoms with van der Waals surface area (Å²) in [6.45, 7) is 0. The molecule has 0 aliphatic carbocycles. The molecule has 0 heterocycles. The maximum absolute atomic E-state index is 11.5. The third-order valence-electron chi connectivity index (χ3n) is 1.56. The SMILES string of the molecule is CS(=O)(=O)CS(=O)(=O)Nc1cc(Cl)ccc1Br. The Balaban J connectivity index is 3.02. The van der Waals surface area contributed by atoms with Crippen molar-refractivity contribution in [2.24, 2.45) is 0 Å². The minimum absolute atomic E-state index is 0.196. The van der Waals surface area contributed by atoms with Crippen LogP contribution in [-0.2, 0) is 19.9 Å². The number of anilines is 1. The van der Waals surface area contributed by atoms with Gasteiger partial charge in [0.2, 0.25) is 10.0 Å². The van der Waals surface area contributed by atoms with Crippen LogP contribution in [0.3, 0.4) is 0 Å². The Morgan fingerprint density at radius 1 is 1.29 bits per heavy atom. The van der Waals surface area contributed by atoms with Crippen molar-refractivity contribution >= 4 is 53.1 Å². The summed E-state index contributed by atoms with van der Waals surface area (Å²) in [6.07, 6.45) is 0.846. The van der Waals surface area contributed by atoms with Crippen molar-refractivity contribution in [1.82, 2.24) is 0 Å². The molecule has 1 aromatic carbocycles. The van der Waals surface area contributed by atoms with E-state index in [0.717, 1.165) is 6.26 Å². The number of sulfonamides is 1. The maximum atomic E-state index is 11.5. The molecule has 5 nitrogen and oxygen atoms in total. The van der Waals surface area contributed by atoms with Gasteiger partial charge in [-0.15, -0.1) is 0 Å². The summed E-state index contributed by atoms with van der Waals surface area (Å²) < 4.78 is 47.5. The van der Waals surface area contributed by atoms with Crippen molar-refractivity contribution in [2.75, 3.05) is 16.1 Å². The lowest BCUT2D eigenvalue weighted by Crippen LogP contribution is -2.22. The van der Waals surface area contributed by atoms with Gasteiger partial charge in [0, 0.05) is 15.8 Å². The van der Waals surface area contributed by atoms with Gasteiger partial charge in [-0.05, 0) is 34.1 Å². The predicted molar refractivity (Wildman–Crippen MR) is 71.4 cm³/mol.